The minimum Gasteiger partial charge on any atom is -0.334 e. The third-order valence-electron chi connectivity index (χ3n) is 2.64. The van der Waals surface area contributed by atoms with Crippen molar-refractivity contribution in [2.24, 2.45) is 0 Å². The van der Waals surface area contributed by atoms with Crippen LogP contribution in [0.4, 0.5) is 0 Å². The maximum atomic E-state index is 6.08. The van der Waals surface area contributed by atoms with E-state index >= 15 is 0 Å². The molecule has 1 atom stereocenters. The Labute approximate surface area is 111 Å². The number of hydrogen-bond acceptors (Lipinski definition) is 5. The van der Waals surface area contributed by atoms with Crippen molar-refractivity contribution in [3.8, 4) is 11.5 Å². The summed E-state index contributed by atoms with van der Waals surface area (Å²) in [6.07, 6.45) is 1.52. The van der Waals surface area contributed by atoms with Gasteiger partial charge in [-0.25, -0.2) is 0 Å². The fourth-order valence-corrected chi connectivity index (χ4v) is 1.70. The van der Waals surface area contributed by atoms with Crippen molar-refractivity contribution in [3.05, 3.63) is 23.3 Å². The molecule has 5 nitrogen and oxygen atoms in total. The van der Waals surface area contributed by atoms with Gasteiger partial charge < -0.3 is 4.52 Å². The lowest BCUT2D eigenvalue weighted by Crippen LogP contribution is -1.98. The van der Waals surface area contributed by atoms with Crippen LogP contribution in [0.3, 0.4) is 0 Å². The van der Waals surface area contributed by atoms with Gasteiger partial charge in [0.2, 0.25) is 0 Å². The van der Waals surface area contributed by atoms with Crippen LogP contribution >= 0.6 is 11.6 Å². The minimum absolute atomic E-state index is 0.219. The Morgan fingerprint density at radius 3 is 2.78 bits per heavy atom. The first kappa shape index (κ1) is 13.0. The maximum Gasteiger partial charge on any atom is 0.259 e. The third-order valence-corrected chi connectivity index (χ3v) is 3.14. The zero-order chi connectivity index (χ0) is 13.1. The molecule has 2 aromatic heterocycles. The highest BCUT2D eigenvalue weighted by molar-refractivity contribution is 6.20. The average molecular weight is 267 g/mol. The molecule has 0 aliphatic carbocycles. The molecule has 96 valence electrons. The predicted molar refractivity (Wildman–Crippen MR) is 68.3 cm³/mol. The lowest BCUT2D eigenvalue weighted by Gasteiger charge is -2.02. The van der Waals surface area contributed by atoms with E-state index in [4.69, 9.17) is 16.1 Å². The number of alkyl halides is 1. The van der Waals surface area contributed by atoms with Crippen LogP contribution in [0.15, 0.2) is 10.6 Å². The summed E-state index contributed by atoms with van der Waals surface area (Å²) in [5.74, 6) is 0.977. The van der Waals surface area contributed by atoms with Gasteiger partial charge in [0.1, 0.15) is 0 Å². The van der Waals surface area contributed by atoms with E-state index in [-0.39, 0.29) is 5.38 Å². The molecule has 2 heterocycles. The third kappa shape index (κ3) is 2.51. The molecule has 2 rings (SSSR count). The number of hydrogen-bond donors (Lipinski definition) is 0. The SMILES string of the molecule is CCc1nnc(C)cc1-c1nc(C(Cl)CC)no1. The smallest absolute Gasteiger partial charge is 0.259 e. The van der Waals surface area contributed by atoms with Gasteiger partial charge in [-0.05, 0) is 25.8 Å². The number of halogens is 1. The molecule has 0 radical (unpaired) electrons. The second-order valence-corrected chi connectivity index (χ2v) is 4.56. The fourth-order valence-electron chi connectivity index (χ4n) is 1.61. The summed E-state index contributed by atoms with van der Waals surface area (Å²) in [5, 5.41) is 11.8. The molecule has 0 aliphatic heterocycles. The Balaban J connectivity index is 2.42. The monoisotopic (exact) mass is 266 g/mol. The van der Waals surface area contributed by atoms with E-state index in [1.165, 1.54) is 0 Å². The molecule has 0 saturated carbocycles. The van der Waals surface area contributed by atoms with Crippen molar-refractivity contribution in [2.45, 2.75) is 39.0 Å². The van der Waals surface area contributed by atoms with E-state index in [1.54, 1.807) is 0 Å². The maximum absolute atomic E-state index is 6.08. The van der Waals surface area contributed by atoms with Crippen molar-refractivity contribution in [1.29, 1.82) is 0 Å². The van der Waals surface area contributed by atoms with Crippen LogP contribution in [0.5, 0.6) is 0 Å². The molecule has 18 heavy (non-hydrogen) atoms. The van der Waals surface area contributed by atoms with Crippen molar-refractivity contribution < 1.29 is 4.52 Å². The van der Waals surface area contributed by atoms with Crippen molar-refractivity contribution in [3.63, 3.8) is 0 Å². The lowest BCUT2D eigenvalue weighted by atomic mass is 10.1. The Kier molecular flexibility index (Phi) is 3.91. The highest BCUT2D eigenvalue weighted by Gasteiger charge is 2.17. The van der Waals surface area contributed by atoms with Gasteiger partial charge in [0.15, 0.2) is 5.82 Å². The first-order valence-corrected chi connectivity index (χ1v) is 6.40. The van der Waals surface area contributed by atoms with Crippen LogP contribution in [0, 0.1) is 6.92 Å². The second kappa shape index (κ2) is 5.44. The average Bonchev–Trinajstić information content (AvgIpc) is 2.87. The lowest BCUT2D eigenvalue weighted by molar-refractivity contribution is 0.420. The van der Waals surface area contributed by atoms with Gasteiger partial charge >= 0.3 is 0 Å². The fraction of sp³-hybridized carbons (Fsp3) is 0.500. The Bertz CT molecular complexity index is 541. The number of nitrogens with zero attached hydrogens (tertiary/aromatic N) is 4. The molecule has 0 saturated heterocycles. The predicted octanol–water partition coefficient (Wildman–Crippen LogP) is 3.09. The first-order valence-electron chi connectivity index (χ1n) is 5.96. The highest BCUT2D eigenvalue weighted by atomic mass is 35.5. The summed E-state index contributed by atoms with van der Waals surface area (Å²) in [6, 6.07) is 1.90. The Hall–Kier alpha value is -1.49. The first-order chi connectivity index (χ1) is 8.65. The van der Waals surface area contributed by atoms with Gasteiger partial charge in [-0.3, -0.25) is 0 Å². The Morgan fingerprint density at radius 2 is 2.11 bits per heavy atom. The quantitative estimate of drug-likeness (QED) is 0.796. The van der Waals surface area contributed by atoms with Crippen molar-refractivity contribution in [2.75, 3.05) is 0 Å². The van der Waals surface area contributed by atoms with E-state index in [1.807, 2.05) is 26.8 Å². The molecule has 0 bridgehead atoms. The second-order valence-electron chi connectivity index (χ2n) is 4.03. The van der Waals surface area contributed by atoms with E-state index in [9.17, 15) is 0 Å². The molecule has 1 unspecified atom stereocenters. The van der Waals surface area contributed by atoms with Gasteiger partial charge in [0, 0.05) is 0 Å². The highest BCUT2D eigenvalue weighted by Crippen LogP contribution is 2.26. The molecule has 0 amide bonds. The van der Waals surface area contributed by atoms with Crippen LogP contribution in [-0.2, 0) is 6.42 Å². The van der Waals surface area contributed by atoms with Gasteiger partial charge in [0.25, 0.3) is 5.89 Å². The van der Waals surface area contributed by atoms with Crippen LogP contribution < -0.4 is 0 Å². The molecular weight excluding hydrogens is 252 g/mol. The van der Waals surface area contributed by atoms with E-state index < -0.39 is 0 Å². The van der Waals surface area contributed by atoms with Gasteiger partial charge in [-0.1, -0.05) is 19.0 Å². The molecule has 6 heteroatoms. The molecule has 0 aromatic carbocycles. The summed E-state index contributed by atoms with van der Waals surface area (Å²) in [5.41, 5.74) is 2.50. The van der Waals surface area contributed by atoms with Crippen LogP contribution in [0.1, 0.15) is 42.9 Å². The summed E-state index contributed by atoms with van der Waals surface area (Å²) >= 11 is 6.08. The van der Waals surface area contributed by atoms with Crippen LogP contribution in [0.25, 0.3) is 11.5 Å². The zero-order valence-electron chi connectivity index (χ0n) is 10.6. The normalized spacial score (nSPS) is 12.7. The molecular formula is C12H15ClN4O. The minimum atomic E-state index is -0.219. The summed E-state index contributed by atoms with van der Waals surface area (Å²) < 4.78 is 5.26. The number of aryl methyl sites for hydroxylation is 2. The molecule has 0 spiro atoms. The van der Waals surface area contributed by atoms with Gasteiger partial charge in [-0.2, -0.15) is 15.2 Å². The van der Waals surface area contributed by atoms with Crippen LogP contribution in [-0.4, -0.2) is 20.3 Å². The van der Waals surface area contributed by atoms with Crippen molar-refractivity contribution >= 4 is 11.6 Å². The summed E-state index contributed by atoms with van der Waals surface area (Å²) in [7, 11) is 0. The van der Waals surface area contributed by atoms with E-state index in [0.717, 1.165) is 29.8 Å². The van der Waals surface area contributed by atoms with E-state index in [0.29, 0.717) is 11.7 Å². The van der Waals surface area contributed by atoms with Gasteiger partial charge in [0.05, 0.1) is 22.3 Å². The zero-order valence-corrected chi connectivity index (χ0v) is 11.4. The Morgan fingerprint density at radius 1 is 1.33 bits per heavy atom. The van der Waals surface area contributed by atoms with Crippen molar-refractivity contribution in [1.82, 2.24) is 20.3 Å². The largest absolute Gasteiger partial charge is 0.334 e. The van der Waals surface area contributed by atoms with E-state index in [2.05, 4.69) is 20.3 Å². The van der Waals surface area contributed by atoms with Crippen LogP contribution in [0.2, 0.25) is 0 Å². The molecule has 2 aromatic rings. The summed E-state index contributed by atoms with van der Waals surface area (Å²) in [6.45, 7) is 5.86. The summed E-state index contributed by atoms with van der Waals surface area (Å²) in [4.78, 5) is 4.32. The molecule has 0 N–H and O–H groups in total. The number of aromatic nitrogens is 4. The molecule has 0 aliphatic rings. The van der Waals surface area contributed by atoms with Gasteiger partial charge in [-0.15, -0.1) is 11.6 Å². The molecule has 0 fully saturated rings. The number of rotatable bonds is 4. The topological polar surface area (TPSA) is 64.7 Å². The standard InChI is InChI=1S/C12H15ClN4O/c1-4-9(13)11-14-12(18-17-11)8-6-7(3)15-16-10(8)5-2/h6,9H,4-5H2,1-3H3.